The Morgan fingerprint density at radius 3 is 3.07 bits per heavy atom. The van der Waals surface area contributed by atoms with Crippen LogP contribution in [-0.4, -0.2) is 18.1 Å². The standard InChI is InChI=1S/C12H18N2/c1-9-4-3-6-14-12(9)11-5-7-13-8-10(11)2/h3-4,6,10-11,13H,5,7-8H2,1-2H3. The van der Waals surface area contributed by atoms with Gasteiger partial charge in [-0.1, -0.05) is 13.0 Å². The van der Waals surface area contributed by atoms with Crippen molar-refractivity contribution in [1.29, 1.82) is 0 Å². The molecule has 0 radical (unpaired) electrons. The summed E-state index contributed by atoms with van der Waals surface area (Å²) in [7, 11) is 0. The first-order valence-corrected chi connectivity index (χ1v) is 5.41. The van der Waals surface area contributed by atoms with E-state index in [9.17, 15) is 0 Å². The van der Waals surface area contributed by atoms with E-state index in [2.05, 4.69) is 30.2 Å². The molecule has 0 amide bonds. The van der Waals surface area contributed by atoms with E-state index in [-0.39, 0.29) is 0 Å². The average molecular weight is 190 g/mol. The average Bonchev–Trinajstić information content (AvgIpc) is 2.20. The molecule has 0 saturated carbocycles. The van der Waals surface area contributed by atoms with Crippen LogP contribution in [-0.2, 0) is 0 Å². The molecule has 1 N–H and O–H groups in total. The highest BCUT2D eigenvalue weighted by Gasteiger charge is 2.24. The summed E-state index contributed by atoms with van der Waals surface area (Å²) < 4.78 is 0. The van der Waals surface area contributed by atoms with Gasteiger partial charge in [0.2, 0.25) is 0 Å². The monoisotopic (exact) mass is 190 g/mol. The highest BCUT2D eigenvalue weighted by molar-refractivity contribution is 5.22. The number of hydrogen-bond acceptors (Lipinski definition) is 2. The first-order valence-electron chi connectivity index (χ1n) is 5.41. The third kappa shape index (κ3) is 1.80. The molecule has 1 aliphatic heterocycles. The van der Waals surface area contributed by atoms with Gasteiger partial charge in [-0.3, -0.25) is 4.98 Å². The van der Waals surface area contributed by atoms with Crippen molar-refractivity contribution in [3.05, 3.63) is 29.6 Å². The second-order valence-electron chi connectivity index (χ2n) is 4.28. The zero-order chi connectivity index (χ0) is 9.97. The van der Waals surface area contributed by atoms with Gasteiger partial charge in [-0.15, -0.1) is 0 Å². The lowest BCUT2D eigenvalue weighted by Crippen LogP contribution is -2.34. The van der Waals surface area contributed by atoms with Crippen LogP contribution in [0.25, 0.3) is 0 Å². The van der Waals surface area contributed by atoms with E-state index < -0.39 is 0 Å². The largest absolute Gasteiger partial charge is 0.316 e. The Bertz CT molecular complexity index is 309. The molecule has 1 aliphatic rings. The fourth-order valence-electron chi connectivity index (χ4n) is 2.31. The summed E-state index contributed by atoms with van der Waals surface area (Å²) in [6.45, 7) is 6.73. The summed E-state index contributed by atoms with van der Waals surface area (Å²) in [5.41, 5.74) is 2.65. The summed E-state index contributed by atoms with van der Waals surface area (Å²) in [6, 6.07) is 4.18. The molecule has 2 nitrogen and oxygen atoms in total. The molecule has 0 aromatic carbocycles. The van der Waals surface area contributed by atoms with Crippen molar-refractivity contribution in [2.45, 2.75) is 26.2 Å². The normalized spacial score (nSPS) is 27.6. The highest BCUT2D eigenvalue weighted by Crippen LogP contribution is 2.30. The quantitative estimate of drug-likeness (QED) is 0.733. The fourth-order valence-corrected chi connectivity index (χ4v) is 2.31. The molecule has 1 saturated heterocycles. The Morgan fingerprint density at radius 2 is 2.36 bits per heavy atom. The van der Waals surface area contributed by atoms with Crippen molar-refractivity contribution in [3.63, 3.8) is 0 Å². The number of nitrogens with one attached hydrogen (secondary N) is 1. The maximum atomic E-state index is 4.52. The van der Waals surface area contributed by atoms with Crippen molar-refractivity contribution >= 4 is 0 Å². The van der Waals surface area contributed by atoms with Gasteiger partial charge in [-0.05, 0) is 44.0 Å². The molecule has 2 heterocycles. The van der Waals surface area contributed by atoms with Crippen molar-refractivity contribution in [3.8, 4) is 0 Å². The van der Waals surface area contributed by atoms with Crippen LogP contribution in [0.15, 0.2) is 18.3 Å². The van der Waals surface area contributed by atoms with Crippen molar-refractivity contribution in [2.75, 3.05) is 13.1 Å². The van der Waals surface area contributed by atoms with Crippen LogP contribution in [0.2, 0.25) is 0 Å². The van der Waals surface area contributed by atoms with E-state index in [0.717, 1.165) is 13.1 Å². The van der Waals surface area contributed by atoms with Crippen LogP contribution in [0.1, 0.15) is 30.5 Å². The molecule has 1 aromatic rings. The lowest BCUT2D eigenvalue weighted by molar-refractivity contribution is 0.343. The Kier molecular flexibility index (Phi) is 2.82. The van der Waals surface area contributed by atoms with Gasteiger partial charge in [0.1, 0.15) is 0 Å². The summed E-state index contributed by atoms with van der Waals surface area (Å²) in [4.78, 5) is 4.52. The molecule has 1 aromatic heterocycles. The number of aryl methyl sites for hydroxylation is 1. The van der Waals surface area contributed by atoms with E-state index in [0.29, 0.717) is 11.8 Å². The van der Waals surface area contributed by atoms with E-state index in [4.69, 9.17) is 0 Å². The highest BCUT2D eigenvalue weighted by atomic mass is 14.9. The number of aromatic nitrogens is 1. The molecule has 1 fully saturated rings. The molecule has 2 rings (SSSR count). The maximum absolute atomic E-state index is 4.52. The summed E-state index contributed by atoms with van der Waals surface area (Å²) in [5.74, 6) is 1.36. The molecule has 0 bridgehead atoms. The summed E-state index contributed by atoms with van der Waals surface area (Å²) in [5, 5.41) is 3.43. The first kappa shape index (κ1) is 9.66. The van der Waals surface area contributed by atoms with Crippen LogP contribution < -0.4 is 5.32 Å². The van der Waals surface area contributed by atoms with E-state index >= 15 is 0 Å². The Labute approximate surface area is 85.7 Å². The van der Waals surface area contributed by atoms with Crippen LogP contribution >= 0.6 is 0 Å². The van der Waals surface area contributed by atoms with Crippen molar-refractivity contribution in [2.24, 2.45) is 5.92 Å². The smallest absolute Gasteiger partial charge is 0.0467 e. The second kappa shape index (κ2) is 4.09. The minimum Gasteiger partial charge on any atom is -0.316 e. The van der Waals surface area contributed by atoms with Gasteiger partial charge in [0, 0.05) is 17.8 Å². The predicted molar refractivity (Wildman–Crippen MR) is 58.4 cm³/mol. The predicted octanol–water partition coefficient (Wildman–Crippen LogP) is 2.10. The molecular weight excluding hydrogens is 172 g/mol. The topological polar surface area (TPSA) is 24.9 Å². The number of rotatable bonds is 1. The van der Waals surface area contributed by atoms with Gasteiger partial charge in [-0.2, -0.15) is 0 Å². The van der Waals surface area contributed by atoms with Crippen LogP contribution in [0.3, 0.4) is 0 Å². The van der Waals surface area contributed by atoms with Crippen molar-refractivity contribution in [1.82, 2.24) is 10.3 Å². The van der Waals surface area contributed by atoms with Gasteiger partial charge >= 0.3 is 0 Å². The number of pyridine rings is 1. The zero-order valence-electron chi connectivity index (χ0n) is 8.96. The summed E-state index contributed by atoms with van der Waals surface area (Å²) in [6.07, 6.45) is 3.14. The zero-order valence-corrected chi connectivity index (χ0v) is 8.96. The third-order valence-electron chi connectivity index (χ3n) is 3.19. The van der Waals surface area contributed by atoms with Crippen molar-refractivity contribution < 1.29 is 0 Å². The minimum atomic E-state index is 0.650. The summed E-state index contributed by atoms with van der Waals surface area (Å²) >= 11 is 0. The van der Waals surface area contributed by atoms with Gasteiger partial charge in [-0.25, -0.2) is 0 Å². The molecule has 2 atom stereocenters. The van der Waals surface area contributed by atoms with E-state index in [1.54, 1.807) is 0 Å². The molecule has 2 heteroatoms. The fraction of sp³-hybridized carbons (Fsp3) is 0.583. The number of piperidine rings is 1. The Hall–Kier alpha value is -0.890. The first-order chi connectivity index (χ1) is 6.79. The molecule has 2 unspecified atom stereocenters. The minimum absolute atomic E-state index is 0.650. The van der Waals surface area contributed by atoms with Gasteiger partial charge in [0.05, 0.1) is 0 Å². The maximum Gasteiger partial charge on any atom is 0.0467 e. The third-order valence-corrected chi connectivity index (χ3v) is 3.19. The lowest BCUT2D eigenvalue weighted by Gasteiger charge is -2.29. The Morgan fingerprint density at radius 1 is 1.50 bits per heavy atom. The van der Waals surface area contributed by atoms with Gasteiger partial charge in [0.15, 0.2) is 0 Å². The van der Waals surface area contributed by atoms with Crippen LogP contribution in [0, 0.1) is 12.8 Å². The van der Waals surface area contributed by atoms with E-state index in [1.165, 1.54) is 17.7 Å². The SMILES string of the molecule is Cc1cccnc1C1CCNCC1C. The van der Waals surface area contributed by atoms with Gasteiger partial charge in [0.25, 0.3) is 0 Å². The lowest BCUT2D eigenvalue weighted by atomic mass is 9.83. The molecule has 0 spiro atoms. The number of hydrogen-bond donors (Lipinski definition) is 1. The van der Waals surface area contributed by atoms with Crippen LogP contribution in [0.5, 0.6) is 0 Å². The molecule has 76 valence electrons. The van der Waals surface area contributed by atoms with Gasteiger partial charge < -0.3 is 5.32 Å². The van der Waals surface area contributed by atoms with Crippen LogP contribution in [0.4, 0.5) is 0 Å². The Balaban J connectivity index is 2.25. The molecule has 14 heavy (non-hydrogen) atoms. The number of nitrogens with zero attached hydrogens (tertiary/aromatic N) is 1. The molecule has 0 aliphatic carbocycles. The van der Waals surface area contributed by atoms with E-state index in [1.807, 2.05) is 12.3 Å². The second-order valence-corrected chi connectivity index (χ2v) is 4.28. The molecular formula is C12H18N2.